The van der Waals surface area contributed by atoms with Gasteiger partial charge in [-0.3, -0.25) is 0 Å². The van der Waals surface area contributed by atoms with Crippen LogP contribution in [-0.4, -0.2) is 29.4 Å². The van der Waals surface area contributed by atoms with E-state index in [1.165, 1.54) is 6.20 Å². The Labute approximate surface area is 92.2 Å². The number of nitrogen functional groups attached to an aromatic ring is 1. The summed E-state index contributed by atoms with van der Waals surface area (Å²) in [6, 6.07) is 0. The molecule has 0 spiro atoms. The number of hydrogen-bond donors (Lipinski definition) is 1. The van der Waals surface area contributed by atoms with E-state index in [0.29, 0.717) is 5.69 Å². The van der Waals surface area contributed by atoms with Gasteiger partial charge >= 0.3 is 0 Å². The molecule has 0 fully saturated rings. The summed E-state index contributed by atoms with van der Waals surface area (Å²) in [5.74, 6) is 0.908. The van der Waals surface area contributed by atoms with E-state index in [-0.39, 0.29) is 5.28 Å². The van der Waals surface area contributed by atoms with Crippen molar-refractivity contribution in [2.24, 2.45) is 0 Å². The Morgan fingerprint density at radius 2 is 2.43 bits per heavy atom. The number of nitrogens with two attached hydrogens (primary N) is 1. The molecule has 0 atom stereocenters. The van der Waals surface area contributed by atoms with Gasteiger partial charge in [0.05, 0.1) is 11.9 Å². The number of thioether (sulfide) groups is 1. The highest BCUT2D eigenvalue weighted by Gasteiger charge is 2.03. The Bertz CT molecular complexity index is 298. The maximum Gasteiger partial charge on any atom is 0.223 e. The Morgan fingerprint density at radius 3 is 3.14 bits per heavy atom. The number of rotatable bonds is 5. The Balaban J connectivity index is 2.45. The molecule has 0 unspecified atom stereocenters. The van der Waals surface area contributed by atoms with Gasteiger partial charge < -0.3 is 10.5 Å². The van der Waals surface area contributed by atoms with Gasteiger partial charge in [0.1, 0.15) is 5.03 Å². The van der Waals surface area contributed by atoms with Crippen molar-refractivity contribution in [3.05, 3.63) is 11.5 Å². The quantitative estimate of drug-likeness (QED) is 0.364. The monoisotopic (exact) mass is 233 g/mol. The second kappa shape index (κ2) is 6.06. The van der Waals surface area contributed by atoms with Crippen LogP contribution in [0.25, 0.3) is 0 Å². The highest BCUT2D eigenvalue weighted by molar-refractivity contribution is 7.99. The van der Waals surface area contributed by atoms with Gasteiger partial charge in [-0.2, -0.15) is 0 Å². The zero-order valence-corrected chi connectivity index (χ0v) is 9.44. The van der Waals surface area contributed by atoms with Gasteiger partial charge in [0, 0.05) is 19.5 Å². The average Bonchev–Trinajstić information content (AvgIpc) is 2.18. The second-order valence-electron chi connectivity index (χ2n) is 2.59. The molecule has 1 aromatic heterocycles. The van der Waals surface area contributed by atoms with Crippen molar-refractivity contribution in [1.82, 2.24) is 9.97 Å². The van der Waals surface area contributed by atoms with Crippen LogP contribution in [0.3, 0.4) is 0 Å². The van der Waals surface area contributed by atoms with Crippen molar-refractivity contribution < 1.29 is 4.74 Å². The van der Waals surface area contributed by atoms with Crippen molar-refractivity contribution in [2.45, 2.75) is 11.4 Å². The van der Waals surface area contributed by atoms with Crippen molar-refractivity contribution in [2.75, 3.05) is 25.2 Å². The predicted octanol–water partition coefficient (Wildman–Crippen LogP) is 1.84. The van der Waals surface area contributed by atoms with Crippen molar-refractivity contribution in [1.29, 1.82) is 0 Å². The van der Waals surface area contributed by atoms with E-state index < -0.39 is 0 Å². The molecule has 0 aliphatic rings. The van der Waals surface area contributed by atoms with E-state index in [1.54, 1.807) is 18.9 Å². The maximum absolute atomic E-state index is 5.67. The fourth-order valence-corrected chi connectivity index (χ4v) is 1.85. The molecular weight excluding hydrogens is 222 g/mol. The average molecular weight is 234 g/mol. The van der Waals surface area contributed by atoms with Crippen molar-refractivity contribution in [3.8, 4) is 0 Å². The second-order valence-corrected chi connectivity index (χ2v) is 4.02. The molecule has 2 N–H and O–H groups in total. The summed E-state index contributed by atoms with van der Waals surface area (Å²) in [6.07, 6.45) is 2.48. The lowest BCUT2D eigenvalue weighted by atomic mass is 10.5. The molecule has 1 aromatic rings. The molecule has 0 aliphatic carbocycles. The zero-order valence-electron chi connectivity index (χ0n) is 7.86. The minimum absolute atomic E-state index is 0.230. The first-order valence-corrected chi connectivity index (χ1v) is 5.50. The van der Waals surface area contributed by atoms with Gasteiger partial charge in [0.25, 0.3) is 0 Å². The largest absolute Gasteiger partial charge is 0.395 e. The Kier molecular flexibility index (Phi) is 5.00. The first kappa shape index (κ1) is 11.6. The van der Waals surface area contributed by atoms with Crippen LogP contribution in [-0.2, 0) is 4.74 Å². The van der Waals surface area contributed by atoms with Crippen LogP contribution < -0.4 is 5.73 Å². The minimum Gasteiger partial charge on any atom is -0.395 e. The summed E-state index contributed by atoms with van der Waals surface area (Å²) in [6.45, 7) is 0.742. The molecular formula is C8H12ClN3OS. The van der Waals surface area contributed by atoms with Crippen LogP contribution in [0, 0.1) is 0 Å². The van der Waals surface area contributed by atoms with E-state index >= 15 is 0 Å². The van der Waals surface area contributed by atoms with E-state index in [9.17, 15) is 0 Å². The third-order valence-corrected chi connectivity index (χ3v) is 2.76. The first-order chi connectivity index (χ1) is 6.74. The molecule has 1 rings (SSSR count). The zero-order chi connectivity index (χ0) is 10.4. The lowest BCUT2D eigenvalue weighted by molar-refractivity contribution is 0.200. The molecule has 6 heteroatoms. The first-order valence-electron chi connectivity index (χ1n) is 4.14. The van der Waals surface area contributed by atoms with E-state index in [4.69, 9.17) is 22.1 Å². The third-order valence-electron chi connectivity index (χ3n) is 1.48. The molecule has 14 heavy (non-hydrogen) atoms. The van der Waals surface area contributed by atoms with Gasteiger partial charge in [-0.05, 0) is 18.0 Å². The highest BCUT2D eigenvalue weighted by atomic mass is 35.5. The molecule has 0 saturated carbocycles. The fourth-order valence-electron chi connectivity index (χ4n) is 0.843. The molecule has 0 aromatic carbocycles. The van der Waals surface area contributed by atoms with E-state index in [1.807, 2.05) is 0 Å². The van der Waals surface area contributed by atoms with E-state index in [2.05, 4.69) is 9.97 Å². The summed E-state index contributed by atoms with van der Waals surface area (Å²) >= 11 is 7.20. The lowest BCUT2D eigenvalue weighted by Gasteiger charge is -2.03. The molecule has 4 nitrogen and oxygen atoms in total. The maximum atomic E-state index is 5.67. The molecule has 0 bridgehead atoms. The topological polar surface area (TPSA) is 61.0 Å². The Hall–Kier alpha value is -0.520. The van der Waals surface area contributed by atoms with Crippen LogP contribution >= 0.6 is 23.4 Å². The minimum atomic E-state index is 0.230. The van der Waals surface area contributed by atoms with Crippen LogP contribution in [0.15, 0.2) is 11.2 Å². The molecule has 0 amide bonds. The van der Waals surface area contributed by atoms with Crippen molar-refractivity contribution in [3.63, 3.8) is 0 Å². The summed E-state index contributed by atoms with van der Waals surface area (Å²) in [5.41, 5.74) is 6.23. The van der Waals surface area contributed by atoms with E-state index in [0.717, 1.165) is 23.8 Å². The lowest BCUT2D eigenvalue weighted by Crippen LogP contribution is -1.96. The fraction of sp³-hybridized carbons (Fsp3) is 0.500. The van der Waals surface area contributed by atoms with Gasteiger partial charge in [-0.1, -0.05) is 0 Å². The molecule has 0 aliphatic heterocycles. The third kappa shape index (κ3) is 3.69. The van der Waals surface area contributed by atoms with Crippen LogP contribution in [0.2, 0.25) is 5.28 Å². The Morgan fingerprint density at radius 1 is 1.64 bits per heavy atom. The smallest absolute Gasteiger partial charge is 0.223 e. The van der Waals surface area contributed by atoms with Crippen LogP contribution in [0.1, 0.15) is 6.42 Å². The molecule has 78 valence electrons. The van der Waals surface area contributed by atoms with Gasteiger partial charge in [-0.15, -0.1) is 11.8 Å². The number of anilines is 1. The number of hydrogen-bond acceptors (Lipinski definition) is 5. The van der Waals surface area contributed by atoms with Crippen LogP contribution in [0.4, 0.5) is 5.69 Å². The number of nitrogens with zero attached hydrogens (tertiary/aromatic N) is 2. The highest BCUT2D eigenvalue weighted by Crippen LogP contribution is 2.23. The van der Waals surface area contributed by atoms with Gasteiger partial charge in [0.15, 0.2) is 0 Å². The number of aromatic nitrogens is 2. The molecule has 0 radical (unpaired) electrons. The number of halogens is 1. The summed E-state index contributed by atoms with van der Waals surface area (Å²) in [5, 5.41) is 0.967. The summed E-state index contributed by atoms with van der Waals surface area (Å²) in [4.78, 5) is 7.80. The summed E-state index contributed by atoms with van der Waals surface area (Å²) in [7, 11) is 1.68. The van der Waals surface area contributed by atoms with Crippen LogP contribution in [0.5, 0.6) is 0 Å². The number of ether oxygens (including phenoxy) is 1. The SMILES string of the molecule is COCCCSc1nc(Cl)ncc1N. The molecule has 1 heterocycles. The van der Waals surface area contributed by atoms with Gasteiger partial charge in [0.2, 0.25) is 5.28 Å². The number of methoxy groups -OCH3 is 1. The van der Waals surface area contributed by atoms with Crippen molar-refractivity contribution >= 4 is 29.1 Å². The standard InChI is InChI=1S/C8H12ClN3OS/c1-13-3-2-4-14-7-6(10)5-11-8(9)12-7/h5H,2-4,10H2,1H3. The molecule has 0 saturated heterocycles. The van der Waals surface area contributed by atoms with Gasteiger partial charge in [-0.25, -0.2) is 9.97 Å². The predicted molar refractivity (Wildman–Crippen MR) is 58.7 cm³/mol. The summed E-state index contributed by atoms with van der Waals surface area (Å²) < 4.78 is 4.93. The normalized spacial score (nSPS) is 10.4.